The Morgan fingerprint density at radius 3 is 1.27 bits per heavy atom. The number of rotatable bonds is 14. The van der Waals surface area contributed by atoms with E-state index in [9.17, 15) is 30.0 Å². The van der Waals surface area contributed by atoms with Gasteiger partial charge in [0.1, 0.15) is 0 Å². The van der Waals surface area contributed by atoms with Crippen LogP contribution in [-0.4, -0.2) is 93.6 Å². The molecule has 0 amide bonds. The Balaban J connectivity index is 3.34. The molecule has 170 valence electrons. The summed E-state index contributed by atoms with van der Waals surface area (Å²) in [6, 6.07) is 2.54. The average Bonchev–Trinajstić information content (AvgIpc) is 2.70. The molecule has 0 spiro atoms. The van der Waals surface area contributed by atoms with Gasteiger partial charge in [-0.3, -0.25) is 0 Å². The summed E-state index contributed by atoms with van der Waals surface area (Å²) in [7, 11) is 0. The zero-order valence-corrected chi connectivity index (χ0v) is 18.5. The summed E-state index contributed by atoms with van der Waals surface area (Å²) in [4.78, 5) is 27.7. The van der Waals surface area contributed by atoms with Gasteiger partial charge in [0, 0.05) is 25.9 Å². The zero-order chi connectivity index (χ0) is 22.8. The van der Waals surface area contributed by atoms with Gasteiger partial charge in [0.25, 0.3) is 0 Å². The van der Waals surface area contributed by atoms with Crippen molar-refractivity contribution >= 4 is 11.9 Å². The van der Waals surface area contributed by atoms with Crippen LogP contribution in [0.2, 0.25) is 0 Å². The summed E-state index contributed by atoms with van der Waals surface area (Å²) in [5.74, 6) is -2.37. The number of carboxylic acids is 2. The molecule has 30 heavy (non-hydrogen) atoms. The summed E-state index contributed by atoms with van der Waals surface area (Å²) < 4.78 is 0. The van der Waals surface area contributed by atoms with Gasteiger partial charge in [-0.1, -0.05) is 27.7 Å². The second-order valence-corrected chi connectivity index (χ2v) is 7.42. The number of aromatic carboxylic acids is 2. The number of likely N-dealkylation sites (N-methyl/N-ethyl adjacent to an activating group) is 2. The lowest BCUT2D eigenvalue weighted by Crippen LogP contribution is -2.35. The zero-order valence-electron chi connectivity index (χ0n) is 18.5. The Kier molecular flexibility index (Phi) is 11.0. The van der Waals surface area contributed by atoms with Crippen molar-refractivity contribution in [2.75, 3.05) is 39.3 Å². The molecule has 8 nitrogen and oxygen atoms in total. The van der Waals surface area contributed by atoms with Gasteiger partial charge in [-0.05, 0) is 49.4 Å². The molecule has 0 heterocycles. The van der Waals surface area contributed by atoms with E-state index < -0.39 is 24.1 Å². The van der Waals surface area contributed by atoms with Crippen LogP contribution < -0.4 is 0 Å². The first-order valence-electron chi connectivity index (χ1n) is 10.6. The van der Waals surface area contributed by atoms with Crippen LogP contribution in [0.1, 0.15) is 59.5 Å². The lowest BCUT2D eigenvalue weighted by atomic mass is 9.88. The molecule has 0 fully saturated rings. The second-order valence-electron chi connectivity index (χ2n) is 7.42. The van der Waals surface area contributed by atoms with E-state index in [0.717, 1.165) is 26.2 Å². The maximum atomic E-state index is 11.8. The Morgan fingerprint density at radius 2 is 1.03 bits per heavy atom. The van der Waals surface area contributed by atoms with E-state index in [4.69, 9.17) is 0 Å². The van der Waals surface area contributed by atoms with Crippen molar-refractivity contribution in [3.63, 3.8) is 0 Å². The Hall–Kier alpha value is -2.00. The maximum Gasteiger partial charge on any atom is 0.335 e. The van der Waals surface area contributed by atoms with E-state index in [1.807, 2.05) is 37.5 Å². The lowest BCUT2D eigenvalue weighted by Gasteiger charge is -2.26. The first-order valence-corrected chi connectivity index (χ1v) is 10.6. The monoisotopic (exact) mass is 424 g/mol. The number of carboxylic acid groups (broad SMARTS) is 2. The van der Waals surface area contributed by atoms with Crippen molar-refractivity contribution in [1.29, 1.82) is 0 Å². The summed E-state index contributed by atoms with van der Waals surface area (Å²) in [6.45, 7) is 11.5. The van der Waals surface area contributed by atoms with Crippen molar-refractivity contribution in [3.05, 3.63) is 34.4 Å². The Bertz CT molecular complexity index is 642. The highest BCUT2D eigenvalue weighted by molar-refractivity contribution is 5.95. The number of carbonyl (C=O) groups is 2. The van der Waals surface area contributed by atoms with Gasteiger partial charge in [-0.2, -0.15) is 0 Å². The molecular formula is C22H36N2O6. The van der Waals surface area contributed by atoms with Crippen molar-refractivity contribution in [2.24, 2.45) is 0 Å². The lowest BCUT2D eigenvalue weighted by molar-refractivity contribution is 0.0674. The van der Waals surface area contributed by atoms with Gasteiger partial charge in [-0.15, -0.1) is 0 Å². The number of hydrogen-bond donors (Lipinski definition) is 4. The first kappa shape index (κ1) is 26.0. The molecule has 0 bridgehead atoms. The third-order valence-electron chi connectivity index (χ3n) is 5.50. The quantitative estimate of drug-likeness (QED) is 0.355. The standard InChI is InChI=1S/C22H36N2O6/c1-5-23(6-2)13-15(25)11-19-17(21(27)28)9-10-18(22(29)30)20(19)12-16(26)14-24(7-3)8-4/h9-10,15-16,25-26H,5-8,11-14H2,1-4H3,(H,27,28)(H,29,30). The summed E-state index contributed by atoms with van der Waals surface area (Å²) in [5, 5.41) is 40.5. The molecule has 0 radical (unpaired) electrons. The molecule has 0 aliphatic rings. The minimum atomic E-state index is -1.18. The minimum Gasteiger partial charge on any atom is -0.478 e. The van der Waals surface area contributed by atoms with Crippen LogP contribution in [0.3, 0.4) is 0 Å². The third-order valence-corrected chi connectivity index (χ3v) is 5.50. The van der Waals surface area contributed by atoms with E-state index in [-0.39, 0.29) is 35.1 Å². The molecule has 0 aromatic heterocycles. The topological polar surface area (TPSA) is 122 Å². The fourth-order valence-corrected chi connectivity index (χ4v) is 3.72. The number of benzene rings is 1. The van der Waals surface area contributed by atoms with Crippen LogP contribution in [0.5, 0.6) is 0 Å². The largest absolute Gasteiger partial charge is 0.478 e. The normalized spacial score (nSPS) is 13.6. The van der Waals surface area contributed by atoms with Crippen LogP contribution in [0.4, 0.5) is 0 Å². The predicted molar refractivity (Wildman–Crippen MR) is 115 cm³/mol. The number of aliphatic hydroxyl groups excluding tert-OH is 2. The predicted octanol–water partition coefficient (Wildman–Crippen LogP) is 1.57. The highest BCUT2D eigenvalue weighted by atomic mass is 16.4. The molecule has 2 atom stereocenters. The van der Waals surface area contributed by atoms with Gasteiger partial charge < -0.3 is 30.2 Å². The fourth-order valence-electron chi connectivity index (χ4n) is 3.72. The van der Waals surface area contributed by atoms with Crippen LogP contribution in [-0.2, 0) is 12.8 Å². The molecule has 0 saturated heterocycles. The molecule has 0 aliphatic heterocycles. The van der Waals surface area contributed by atoms with Gasteiger partial charge in [-0.25, -0.2) is 9.59 Å². The van der Waals surface area contributed by atoms with E-state index in [0.29, 0.717) is 13.1 Å². The van der Waals surface area contributed by atoms with Crippen molar-refractivity contribution in [1.82, 2.24) is 9.80 Å². The first-order chi connectivity index (χ1) is 14.2. The Labute approximate surface area is 178 Å². The number of aliphatic hydroxyl groups is 2. The molecule has 0 saturated carbocycles. The molecular weight excluding hydrogens is 388 g/mol. The summed E-state index contributed by atoms with van der Waals surface area (Å²) in [6.07, 6.45) is -1.70. The molecule has 0 aliphatic carbocycles. The maximum absolute atomic E-state index is 11.8. The van der Waals surface area contributed by atoms with Gasteiger partial charge in [0.2, 0.25) is 0 Å². The van der Waals surface area contributed by atoms with E-state index in [2.05, 4.69) is 0 Å². The van der Waals surface area contributed by atoms with Crippen molar-refractivity contribution in [3.8, 4) is 0 Å². The molecule has 1 aromatic carbocycles. The highest BCUT2D eigenvalue weighted by Crippen LogP contribution is 2.24. The summed E-state index contributed by atoms with van der Waals surface area (Å²) in [5.41, 5.74) is 0.480. The highest BCUT2D eigenvalue weighted by Gasteiger charge is 2.25. The van der Waals surface area contributed by atoms with Gasteiger partial charge >= 0.3 is 11.9 Å². The Morgan fingerprint density at radius 1 is 0.733 bits per heavy atom. The number of nitrogens with zero attached hydrogens (tertiary/aromatic N) is 2. The fraction of sp³-hybridized carbons (Fsp3) is 0.636. The minimum absolute atomic E-state index is 0.00652. The van der Waals surface area contributed by atoms with Crippen LogP contribution in [0, 0.1) is 0 Å². The summed E-state index contributed by atoms with van der Waals surface area (Å²) >= 11 is 0. The van der Waals surface area contributed by atoms with E-state index >= 15 is 0 Å². The van der Waals surface area contributed by atoms with Crippen LogP contribution >= 0.6 is 0 Å². The van der Waals surface area contributed by atoms with Crippen molar-refractivity contribution < 1.29 is 30.0 Å². The third kappa shape index (κ3) is 7.36. The molecule has 1 rings (SSSR count). The van der Waals surface area contributed by atoms with E-state index in [1.54, 1.807) is 0 Å². The van der Waals surface area contributed by atoms with Crippen LogP contribution in [0.25, 0.3) is 0 Å². The van der Waals surface area contributed by atoms with E-state index in [1.165, 1.54) is 12.1 Å². The second kappa shape index (κ2) is 12.6. The molecule has 8 heteroatoms. The molecule has 4 N–H and O–H groups in total. The SMILES string of the molecule is CCN(CC)CC(O)Cc1c(C(=O)O)ccc(C(=O)O)c1CC(O)CN(CC)CC. The smallest absolute Gasteiger partial charge is 0.335 e. The van der Waals surface area contributed by atoms with Crippen LogP contribution in [0.15, 0.2) is 12.1 Å². The molecule has 1 aromatic rings. The van der Waals surface area contributed by atoms with Gasteiger partial charge in [0.15, 0.2) is 0 Å². The average molecular weight is 425 g/mol. The van der Waals surface area contributed by atoms with Gasteiger partial charge in [0.05, 0.1) is 23.3 Å². The van der Waals surface area contributed by atoms with Crippen molar-refractivity contribution in [2.45, 2.75) is 52.7 Å². The molecule has 2 unspecified atom stereocenters. The number of hydrogen-bond acceptors (Lipinski definition) is 6.